The minimum Gasteiger partial charge on any atom is -0.339 e. The van der Waals surface area contributed by atoms with E-state index < -0.39 is 5.91 Å². The molecule has 2 rings (SSSR count). The molecule has 0 aromatic heterocycles. The van der Waals surface area contributed by atoms with Crippen LogP contribution in [-0.2, 0) is 9.47 Å². The summed E-state index contributed by atoms with van der Waals surface area (Å²) in [5, 5.41) is 3.52. The fourth-order valence-corrected chi connectivity index (χ4v) is 2.05. The van der Waals surface area contributed by atoms with Crippen molar-refractivity contribution in [2.45, 2.75) is 50.7 Å². The van der Waals surface area contributed by atoms with Crippen LogP contribution in [0.5, 0.6) is 0 Å². The molecule has 0 spiro atoms. The summed E-state index contributed by atoms with van der Waals surface area (Å²) in [6.07, 6.45) is 4.64. The molecule has 5 heteroatoms. The molecule has 1 unspecified atom stereocenters. The van der Waals surface area contributed by atoms with Crippen molar-refractivity contribution in [1.82, 2.24) is 0 Å². The topological polar surface area (TPSA) is 67.2 Å². The van der Waals surface area contributed by atoms with Crippen LogP contribution in [-0.4, -0.2) is 18.1 Å². The highest BCUT2D eigenvalue weighted by atomic mass is 16.8. The van der Waals surface area contributed by atoms with Gasteiger partial charge in [-0.2, -0.15) is 0 Å². The van der Waals surface area contributed by atoms with Crippen LogP contribution in [0.4, 0.5) is 0 Å². The normalized spacial score (nSPS) is 43.8. The van der Waals surface area contributed by atoms with E-state index in [4.69, 9.17) is 15.0 Å². The predicted octanol–water partition coefficient (Wildman–Crippen LogP) is 2.33. The summed E-state index contributed by atoms with van der Waals surface area (Å²) < 4.78 is 11.1. The molecule has 1 aliphatic carbocycles. The molecule has 1 heterocycles. The van der Waals surface area contributed by atoms with Crippen LogP contribution in [0.2, 0.25) is 0 Å². The zero-order chi connectivity index (χ0) is 9.31. The Balaban J connectivity index is 2.09. The number of fused-ring (bicyclic) bond motifs is 1. The predicted molar refractivity (Wildman–Crippen MR) is 45.8 cm³/mol. The molecule has 1 saturated carbocycles. The van der Waals surface area contributed by atoms with Gasteiger partial charge < -0.3 is 9.47 Å². The van der Waals surface area contributed by atoms with Gasteiger partial charge in [0.1, 0.15) is 0 Å². The van der Waals surface area contributed by atoms with E-state index in [0.717, 1.165) is 12.8 Å². The Bertz CT molecular complexity index is 236. The lowest BCUT2D eigenvalue weighted by molar-refractivity contribution is -0.154. The van der Waals surface area contributed by atoms with Gasteiger partial charge in [0, 0.05) is 4.91 Å². The molecule has 2 aliphatic rings. The lowest BCUT2D eigenvalue weighted by Gasteiger charge is -2.21. The van der Waals surface area contributed by atoms with E-state index in [0.29, 0.717) is 0 Å². The average molecular weight is 183 g/mol. The van der Waals surface area contributed by atoms with Gasteiger partial charge in [0.2, 0.25) is 5.91 Å². The first-order chi connectivity index (χ1) is 6.23. The molecule has 1 aliphatic heterocycles. The number of hydrogen-bond donors (Lipinski definition) is 0. The van der Waals surface area contributed by atoms with Crippen LogP contribution < -0.4 is 0 Å². The van der Waals surface area contributed by atoms with Crippen LogP contribution >= 0.6 is 0 Å². The van der Waals surface area contributed by atoms with Gasteiger partial charge in [-0.3, -0.25) is 0 Å². The van der Waals surface area contributed by atoms with Crippen molar-refractivity contribution in [3.05, 3.63) is 10.4 Å². The molecule has 0 aromatic rings. The van der Waals surface area contributed by atoms with Gasteiger partial charge >= 0.3 is 0 Å². The molecular formula is C8H13N3O2. The summed E-state index contributed by atoms with van der Waals surface area (Å²) >= 11 is 0. The number of rotatable bonds is 1. The van der Waals surface area contributed by atoms with Crippen LogP contribution in [0.1, 0.15) is 32.6 Å². The fraction of sp³-hybridized carbons (Fsp3) is 1.00. The molecule has 2 fully saturated rings. The highest BCUT2D eigenvalue weighted by Crippen LogP contribution is 2.37. The third-order valence-corrected chi connectivity index (χ3v) is 2.61. The van der Waals surface area contributed by atoms with Crippen molar-refractivity contribution in [2.24, 2.45) is 5.11 Å². The molecule has 0 bridgehead atoms. The highest BCUT2D eigenvalue weighted by Gasteiger charge is 2.44. The van der Waals surface area contributed by atoms with Crippen molar-refractivity contribution in [1.29, 1.82) is 0 Å². The van der Waals surface area contributed by atoms with Gasteiger partial charge in [0.05, 0.1) is 12.2 Å². The number of azide groups is 1. The molecule has 72 valence electrons. The van der Waals surface area contributed by atoms with E-state index in [1.807, 2.05) is 0 Å². The second-order valence-corrected chi connectivity index (χ2v) is 3.68. The Morgan fingerprint density at radius 2 is 1.85 bits per heavy atom. The number of hydrogen-bond acceptors (Lipinski definition) is 3. The van der Waals surface area contributed by atoms with E-state index in [2.05, 4.69) is 10.0 Å². The smallest absolute Gasteiger partial charge is 0.247 e. The second-order valence-electron chi connectivity index (χ2n) is 3.68. The monoisotopic (exact) mass is 183 g/mol. The van der Waals surface area contributed by atoms with Crippen molar-refractivity contribution in [3.63, 3.8) is 0 Å². The first-order valence-electron chi connectivity index (χ1n) is 4.65. The Hall–Kier alpha value is -0.770. The minimum atomic E-state index is -1.06. The summed E-state index contributed by atoms with van der Waals surface area (Å²) in [6.45, 7) is 1.67. The van der Waals surface area contributed by atoms with Gasteiger partial charge in [-0.15, -0.1) is 0 Å². The van der Waals surface area contributed by atoms with Gasteiger partial charge in [-0.25, -0.2) is 0 Å². The summed E-state index contributed by atoms with van der Waals surface area (Å²) in [6, 6.07) is 0. The van der Waals surface area contributed by atoms with Crippen LogP contribution in [0.25, 0.3) is 10.4 Å². The third-order valence-electron chi connectivity index (χ3n) is 2.61. The van der Waals surface area contributed by atoms with E-state index in [9.17, 15) is 0 Å². The first-order valence-corrected chi connectivity index (χ1v) is 4.65. The maximum absolute atomic E-state index is 8.32. The molecule has 13 heavy (non-hydrogen) atoms. The minimum absolute atomic E-state index is 0.129. The largest absolute Gasteiger partial charge is 0.339 e. The number of nitrogens with zero attached hydrogens (tertiary/aromatic N) is 3. The third kappa shape index (κ3) is 1.63. The Kier molecular flexibility index (Phi) is 2.15. The highest BCUT2D eigenvalue weighted by molar-refractivity contribution is 4.85. The Morgan fingerprint density at radius 1 is 1.31 bits per heavy atom. The van der Waals surface area contributed by atoms with Crippen LogP contribution in [0.15, 0.2) is 5.11 Å². The molecule has 0 amide bonds. The Labute approximate surface area is 76.6 Å². The standard InChI is InChI=1S/C8H13N3O2/c1-8(10-11-9)12-6-4-2-3-5-7(6)13-8/h6-7H,2-5H2,1H3/t6-,7+,8?. The van der Waals surface area contributed by atoms with Gasteiger partial charge in [0.25, 0.3) is 0 Å². The molecule has 0 radical (unpaired) electrons. The summed E-state index contributed by atoms with van der Waals surface area (Å²) in [7, 11) is 0. The Morgan fingerprint density at radius 3 is 2.31 bits per heavy atom. The molecule has 0 aromatic carbocycles. The molecule has 1 saturated heterocycles. The first kappa shape index (κ1) is 8.81. The quantitative estimate of drug-likeness (QED) is 0.355. The van der Waals surface area contributed by atoms with E-state index in [1.54, 1.807) is 6.92 Å². The van der Waals surface area contributed by atoms with Gasteiger partial charge in [-0.05, 0) is 30.4 Å². The second kappa shape index (κ2) is 3.18. The van der Waals surface area contributed by atoms with E-state index >= 15 is 0 Å². The molecule has 5 nitrogen and oxygen atoms in total. The van der Waals surface area contributed by atoms with Crippen molar-refractivity contribution >= 4 is 0 Å². The number of ether oxygens (including phenoxy) is 2. The summed E-state index contributed by atoms with van der Waals surface area (Å²) in [5.41, 5.74) is 8.32. The zero-order valence-electron chi connectivity index (χ0n) is 7.64. The maximum Gasteiger partial charge on any atom is 0.247 e. The lowest BCUT2D eigenvalue weighted by Crippen LogP contribution is -2.25. The van der Waals surface area contributed by atoms with Gasteiger partial charge in [0.15, 0.2) is 0 Å². The zero-order valence-corrected chi connectivity index (χ0v) is 7.64. The molecule has 3 atom stereocenters. The maximum atomic E-state index is 8.32. The van der Waals surface area contributed by atoms with Crippen LogP contribution in [0, 0.1) is 0 Å². The molecule has 0 N–H and O–H groups in total. The van der Waals surface area contributed by atoms with Crippen molar-refractivity contribution in [2.75, 3.05) is 0 Å². The summed E-state index contributed by atoms with van der Waals surface area (Å²) in [5.74, 6) is -1.06. The van der Waals surface area contributed by atoms with E-state index in [1.165, 1.54) is 12.8 Å². The average Bonchev–Trinajstić information content (AvgIpc) is 2.40. The lowest BCUT2D eigenvalue weighted by atomic mass is 9.95. The van der Waals surface area contributed by atoms with Crippen molar-refractivity contribution < 1.29 is 9.47 Å². The van der Waals surface area contributed by atoms with Gasteiger partial charge in [-0.1, -0.05) is 12.8 Å². The van der Waals surface area contributed by atoms with E-state index in [-0.39, 0.29) is 12.2 Å². The fourth-order valence-electron chi connectivity index (χ4n) is 2.05. The molecular weight excluding hydrogens is 170 g/mol. The van der Waals surface area contributed by atoms with Crippen LogP contribution in [0.3, 0.4) is 0 Å². The summed E-state index contributed by atoms with van der Waals surface area (Å²) in [4.78, 5) is 2.72. The van der Waals surface area contributed by atoms with Crippen molar-refractivity contribution in [3.8, 4) is 0 Å². The SMILES string of the molecule is CC1(N=[N+]=[N-])O[C@H]2CCCC[C@H]2O1.